The van der Waals surface area contributed by atoms with E-state index in [0.29, 0.717) is 12.0 Å². The van der Waals surface area contributed by atoms with Crippen molar-refractivity contribution in [3.8, 4) is 0 Å². The Morgan fingerprint density at radius 1 is 1.33 bits per heavy atom. The van der Waals surface area contributed by atoms with E-state index in [1.165, 1.54) is 5.56 Å². The number of ether oxygens (including phenoxy) is 1. The zero-order valence-electron chi connectivity index (χ0n) is 11.2. The molecule has 18 heavy (non-hydrogen) atoms. The van der Waals surface area contributed by atoms with Gasteiger partial charge < -0.3 is 15.4 Å². The van der Waals surface area contributed by atoms with Crippen molar-refractivity contribution in [1.29, 1.82) is 0 Å². The first kappa shape index (κ1) is 13.5. The van der Waals surface area contributed by atoms with Crippen molar-refractivity contribution < 1.29 is 4.74 Å². The van der Waals surface area contributed by atoms with Gasteiger partial charge in [0, 0.05) is 31.7 Å². The van der Waals surface area contributed by atoms with E-state index in [1.54, 1.807) is 0 Å². The van der Waals surface area contributed by atoms with Crippen LogP contribution in [0, 0.1) is 5.92 Å². The van der Waals surface area contributed by atoms with Crippen molar-refractivity contribution in [3.63, 3.8) is 0 Å². The van der Waals surface area contributed by atoms with Crippen LogP contribution in [0.5, 0.6) is 0 Å². The quantitative estimate of drug-likeness (QED) is 0.858. The molecule has 2 atom stereocenters. The van der Waals surface area contributed by atoms with Crippen LogP contribution in [-0.2, 0) is 11.2 Å². The molecule has 0 radical (unpaired) electrons. The van der Waals surface area contributed by atoms with Crippen molar-refractivity contribution in [1.82, 2.24) is 4.90 Å². The van der Waals surface area contributed by atoms with Gasteiger partial charge in [0.1, 0.15) is 0 Å². The number of nitrogens with two attached hydrogens (primary N) is 1. The summed E-state index contributed by atoms with van der Waals surface area (Å²) in [6, 6.07) is 10.9. The summed E-state index contributed by atoms with van der Waals surface area (Å²) in [6.07, 6.45) is 2.09. The molecule has 0 aliphatic carbocycles. The van der Waals surface area contributed by atoms with E-state index >= 15 is 0 Å². The Morgan fingerprint density at radius 2 is 2.11 bits per heavy atom. The zero-order chi connectivity index (χ0) is 12.8. The summed E-state index contributed by atoms with van der Waals surface area (Å²) in [5.74, 6) is 0.486. The fraction of sp³-hybridized carbons (Fsp3) is 0.600. The number of hydrogen-bond acceptors (Lipinski definition) is 3. The van der Waals surface area contributed by atoms with E-state index in [-0.39, 0.29) is 0 Å². The molecule has 0 amide bonds. The third-order valence-electron chi connectivity index (χ3n) is 3.70. The molecule has 1 aromatic carbocycles. The maximum atomic E-state index is 6.13. The van der Waals surface area contributed by atoms with Crippen LogP contribution in [0.1, 0.15) is 12.0 Å². The van der Waals surface area contributed by atoms with Crippen LogP contribution >= 0.6 is 0 Å². The largest absolute Gasteiger partial charge is 0.381 e. The lowest BCUT2D eigenvalue weighted by Crippen LogP contribution is -2.44. The average molecular weight is 248 g/mol. The number of likely N-dealkylation sites (N-methyl/N-ethyl adjacent to an activating group) is 1. The van der Waals surface area contributed by atoms with Gasteiger partial charge in [-0.2, -0.15) is 0 Å². The van der Waals surface area contributed by atoms with E-state index in [0.717, 1.165) is 39.1 Å². The SMILES string of the molecule is CN(CCc1ccccc1)CC1COCCC1N. The molecule has 3 heteroatoms. The molecule has 2 N–H and O–H groups in total. The average Bonchev–Trinajstić information content (AvgIpc) is 2.40. The molecule has 0 saturated carbocycles. The lowest BCUT2D eigenvalue weighted by Gasteiger charge is -2.32. The summed E-state index contributed by atoms with van der Waals surface area (Å²) < 4.78 is 5.51. The van der Waals surface area contributed by atoms with Crippen molar-refractivity contribution in [2.45, 2.75) is 18.9 Å². The van der Waals surface area contributed by atoms with Crippen molar-refractivity contribution in [2.75, 3.05) is 33.4 Å². The normalized spacial score (nSPS) is 24.4. The Balaban J connectivity index is 1.73. The maximum absolute atomic E-state index is 6.13. The highest BCUT2D eigenvalue weighted by molar-refractivity contribution is 5.14. The summed E-state index contributed by atoms with van der Waals surface area (Å²) in [4.78, 5) is 2.37. The summed E-state index contributed by atoms with van der Waals surface area (Å²) in [5, 5.41) is 0. The molecular weight excluding hydrogens is 224 g/mol. The standard InChI is InChI=1S/C15H24N2O/c1-17(9-7-13-5-3-2-4-6-13)11-14-12-18-10-8-15(14)16/h2-6,14-15H,7-12,16H2,1H3. The molecule has 1 aromatic rings. The summed E-state index contributed by atoms with van der Waals surface area (Å²) in [6.45, 7) is 3.75. The number of benzene rings is 1. The molecule has 0 spiro atoms. The predicted octanol–water partition coefficient (Wildman–Crippen LogP) is 1.52. The van der Waals surface area contributed by atoms with Crippen LogP contribution < -0.4 is 5.73 Å². The Bertz CT molecular complexity index is 342. The van der Waals surface area contributed by atoms with Crippen LogP contribution in [0.15, 0.2) is 30.3 Å². The predicted molar refractivity (Wildman–Crippen MR) is 74.5 cm³/mol. The Labute approximate surface area is 110 Å². The second kappa shape index (κ2) is 6.88. The first-order chi connectivity index (χ1) is 8.75. The van der Waals surface area contributed by atoms with Crippen LogP contribution in [0.2, 0.25) is 0 Å². The van der Waals surface area contributed by atoms with Crippen molar-refractivity contribution in [2.24, 2.45) is 11.7 Å². The zero-order valence-corrected chi connectivity index (χ0v) is 11.2. The smallest absolute Gasteiger partial charge is 0.0521 e. The van der Waals surface area contributed by atoms with E-state index in [2.05, 4.69) is 42.3 Å². The molecule has 2 unspecified atom stereocenters. The molecule has 100 valence electrons. The molecular formula is C15H24N2O. The monoisotopic (exact) mass is 248 g/mol. The van der Waals surface area contributed by atoms with Gasteiger partial charge in [0.2, 0.25) is 0 Å². The molecule has 2 rings (SSSR count). The number of nitrogens with zero attached hydrogens (tertiary/aromatic N) is 1. The third kappa shape index (κ3) is 4.09. The lowest BCUT2D eigenvalue weighted by atomic mass is 9.96. The van der Waals surface area contributed by atoms with E-state index in [1.807, 2.05) is 0 Å². The van der Waals surface area contributed by atoms with Crippen LogP contribution in [-0.4, -0.2) is 44.3 Å². The van der Waals surface area contributed by atoms with Gasteiger partial charge in [-0.3, -0.25) is 0 Å². The highest BCUT2D eigenvalue weighted by atomic mass is 16.5. The van der Waals surface area contributed by atoms with Gasteiger partial charge >= 0.3 is 0 Å². The van der Waals surface area contributed by atoms with Gasteiger partial charge in [-0.05, 0) is 25.5 Å². The molecule has 1 fully saturated rings. The van der Waals surface area contributed by atoms with Crippen LogP contribution in [0.3, 0.4) is 0 Å². The minimum Gasteiger partial charge on any atom is -0.381 e. The highest BCUT2D eigenvalue weighted by Gasteiger charge is 2.23. The number of rotatable bonds is 5. The molecule has 1 heterocycles. The fourth-order valence-corrected chi connectivity index (χ4v) is 2.46. The van der Waals surface area contributed by atoms with Crippen molar-refractivity contribution >= 4 is 0 Å². The topological polar surface area (TPSA) is 38.5 Å². The Kier molecular flexibility index (Phi) is 5.17. The van der Waals surface area contributed by atoms with Gasteiger partial charge in [-0.25, -0.2) is 0 Å². The molecule has 3 nitrogen and oxygen atoms in total. The summed E-state index contributed by atoms with van der Waals surface area (Å²) in [5.41, 5.74) is 7.52. The first-order valence-corrected chi connectivity index (χ1v) is 6.81. The maximum Gasteiger partial charge on any atom is 0.0521 e. The first-order valence-electron chi connectivity index (χ1n) is 6.81. The van der Waals surface area contributed by atoms with Crippen LogP contribution in [0.4, 0.5) is 0 Å². The van der Waals surface area contributed by atoms with Gasteiger partial charge in [0.25, 0.3) is 0 Å². The third-order valence-corrected chi connectivity index (χ3v) is 3.70. The minimum atomic E-state index is 0.304. The second-order valence-corrected chi connectivity index (χ2v) is 5.29. The fourth-order valence-electron chi connectivity index (χ4n) is 2.46. The molecule has 0 aromatic heterocycles. The van der Waals surface area contributed by atoms with E-state index < -0.39 is 0 Å². The van der Waals surface area contributed by atoms with Gasteiger partial charge in [0.15, 0.2) is 0 Å². The molecule has 0 bridgehead atoms. The molecule has 1 aliphatic heterocycles. The van der Waals surface area contributed by atoms with Gasteiger partial charge in [0.05, 0.1) is 6.61 Å². The van der Waals surface area contributed by atoms with Gasteiger partial charge in [-0.1, -0.05) is 30.3 Å². The van der Waals surface area contributed by atoms with E-state index in [4.69, 9.17) is 10.5 Å². The highest BCUT2D eigenvalue weighted by Crippen LogP contribution is 2.14. The Morgan fingerprint density at radius 3 is 2.83 bits per heavy atom. The number of hydrogen-bond donors (Lipinski definition) is 1. The van der Waals surface area contributed by atoms with Gasteiger partial charge in [-0.15, -0.1) is 0 Å². The second-order valence-electron chi connectivity index (χ2n) is 5.29. The Hall–Kier alpha value is -0.900. The minimum absolute atomic E-state index is 0.304. The molecule has 1 saturated heterocycles. The van der Waals surface area contributed by atoms with Crippen LogP contribution in [0.25, 0.3) is 0 Å². The summed E-state index contributed by atoms with van der Waals surface area (Å²) in [7, 11) is 2.17. The molecule has 1 aliphatic rings. The summed E-state index contributed by atoms with van der Waals surface area (Å²) >= 11 is 0. The lowest BCUT2D eigenvalue weighted by molar-refractivity contribution is 0.0296. The van der Waals surface area contributed by atoms with E-state index in [9.17, 15) is 0 Å². The van der Waals surface area contributed by atoms with Crippen molar-refractivity contribution in [3.05, 3.63) is 35.9 Å².